The largest absolute Gasteiger partial charge is 0.490 e. The van der Waals surface area contributed by atoms with Gasteiger partial charge in [-0.2, -0.15) is 0 Å². The van der Waals surface area contributed by atoms with Crippen molar-refractivity contribution in [3.8, 4) is 5.75 Å². The van der Waals surface area contributed by atoms with E-state index in [9.17, 15) is 4.79 Å². The molecule has 2 nitrogen and oxygen atoms in total. The van der Waals surface area contributed by atoms with Crippen LogP contribution in [0.5, 0.6) is 5.75 Å². The first kappa shape index (κ1) is 11.2. The average molecular weight is 218 g/mol. The number of benzene rings is 1. The third kappa shape index (κ3) is 2.26. The predicted molar refractivity (Wildman–Crippen MR) is 64.0 cm³/mol. The van der Waals surface area contributed by atoms with Gasteiger partial charge in [-0.25, -0.2) is 0 Å². The first-order valence-electron chi connectivity index (χ1n) is 5.89. The van der Waals surface area contributed by atoms with Gasteiger partial charge in [-0.1, -0.05) is 13.8 Å². The van der Waals surface area contributed by atoms with Gasteiger partial charge < -0.3 is 4.74 Å². The molecule has 0 fully saturated rings. The second-order valence-corrected chi connectivity index (χ2v) is 4.98. The van der Waals surface area contributed by atoms with Gasteiger partial charge in [0.15, 0.2) is 5.78 Å². The number of carbonyl (C=O) groups excluding carboxylic acids is 1. The number of carbonyl (C=O) groups is 1. The molecule has 1 unspecified atom stereocenters. The molecule has 86 valence electrons. The Balaban J connectivity index is 2.19. The molecule has 1 aliphatic heterocycles. The Kier molecular flexibility index (Phi) is 2.99. The van der Waals surface area contributed by atoms with E-state index in [-0.39, 0.29) is 11.9 Å². The number of Topliss-reactive ketones (excluding diaryl/α,β-unsaturated/α-hetero) is 1. The maximum absolute atomic E-state index is 11.9. The van der Waals surface area contributed by atoms with E-state index in [1.54, 1.807) is 0 Å². The summed E-state index contributed by atoms with van der Waals surface area (Å²) in [5.74, 6) is 1.59. The lowest BCUT2D eigenvalue weighted by Crippen LogP contribution is -2.05. The fourth-order valence-corrected chi connectivity index (χ4v) is 2.08. The summed E-state index contributed by atoms with van der Waals surface area (Å²) in [4.78, 5) is 11.9. The van der Waals surface area contributed by atoms with Crippen LogP contribution in [0.15, 0.2) is 18.2 Å². The minimum absolute atomic E-state index is 0.234. The zero-order valence-electron chi connectivity index (χ0n) is 10.1. The van der Waals surface area contributed by atoms with Crippen molar-refractivity contribution in [1.82, 2.24) is 0 Å². The molecule has 0 spiro atoms. The van der Waals surface area contributed by atoms with Crippen LogP contribution in [-0.4, -0.2) is 11.9 Å². The molecule has 2 rings (SSSR count). The van der Waals surface area contributed by atoms with E-state index in [1.165, 1.54) is 5.56 Å². The Bertz CT molecular complexity index is 407. The summed E-state index contributed by atoms with van der Waals surface area (Å²) in [6.45, 7) is 6.18. The van der Waals surface area contributed by atoms with Crippen LogP contribution in [0.25, 0.3) is 0 Å². The van der Waals surface area contributed by atoms with Gasteiger partial charge in [-0.05, 0) is 36.6 Å². The van der Waals surface area contributed by atoms with Crippen molar-refractivity contribution in [2.45, 2.75) is 39.7 Å². The van der Waals surface area contributed by atoms with Gasteiger partial charge >= 0.3 is 0 Å². The normalized spacial score (nSPS) is 18.4. The van der Waals surface area contributed by atoms with Crippen molar-refractivity contribution in [3.63, 3.8) is 0 Å². The number of rotatable bonds is 3. The minimum Gasteiger partial charge on any atom is -0.490 e. The number of hydrogen-bond acceptors (Lipinski definition) is 2. The Morgan fingerprint density at radius 1 is 1.50 bits per heavy atom. The molecule has 1 aromatic carbocycles. The van der Waals surface area contributed by atoms with Crippen molar-refractivity contribution in [2.75, 3.05) is 0 Å². The number of fused-ring (bicyclic) bond motifs is 1. The van der Waals surface area contributed by atoms with Crippen molar-refractivity contribution in [3.05, 3.63) is 29.3 Å². The summed E-state index contributed by atoms with van der Waals surface area (Å²) >= 11 is 0. The molecular weight excluding hydrogens is 200 g/mol. The highest BCUT2D eigenvalue weighted by Crippen LogP contribution is 2.29. The Hall–Kier alpha value is -1.31. The van der Waals surface area contributed by atoms with Crippen LogP contribution >= 0.6 is 0 Å². The monoisotopic (exact) mass is 218 g/mol. The summed E-state index contributed by atoms with van der Waals surface area (Å²) in [5.41, 5.74) is 1.99. The zero-order chi connectivity index (χ0) is 11.7. The third-order valence-electron chi connectivity index (χ3n) is 2.81. The smallest absolute Gasteiger partial charge is 0.163 e. The Labute approximate surface area is 96.6 Å². The summed E-state index contributed by atoms with van der Waals surface area (Å²) in [5, 5.41) is 0. The number of hydrogen-bond donors (Lipinski definition) is 0. The highest BCUT2D eigenvalue weighted by atomic mass is 16.5. The van der Waals surface area contributed by atoms with Crippen molar-refractivity contribution >= 4 is 5.78 Å². The number of ether oxygens (including phenoxy) is 1. The minimum atomic E-state index is 0.234. The molecule has 0 N–H and O–H groups in total. The maximum Gasteiger partial charge on any atom is 0.163 e. The van der Waals surface area contributed by atoms with Crippen LogP contribution in [0.3, 0.4) is 0 Å². The maximum atomic E-state index is 11.9. The molecule has 0 radical (unpaired) electrons. The molecule has 1 atom stereocenters. The average Bonchev–Trinajstić information content (AvgIpc) is 2.55. The fourth-order valence-electron chi connectivity index (χ4n) is 2.08. The van der Waals surface area contributed by atoms with E-state index in [2.05, 4.69) is 20.8 Å². The van der Waals surface area contributed by atoms with E-state index in [1.807, 2.05) is 18.2 Å². The van der Waals surface area contributed by atoms with Crippen LogP contribution in [0.2, 0.25) is 0 Å². The van der Waals surface area contributed by atoms with Gasteiger partial charge in [0.05, 0.1) is 0 Å². The first-order valence-corrected chi connectivity index (χ1v) is 5.89. The van der Waals surface area contributed by atoms with Crippen molar-refractivity contribution in [2.24, 2.45) is 5.92 Å². The molecule has 2 heteroatoms. The molecule has 1 aliphatic rings. The lowest BCUT2D eigenvalue weighted by Gasteiger charge is -2.05. The lowest BCUT2D eigenvalue weighted by atomic mass is 9.98. The molecular formula is C14H18O2. The highest BCUT2D eigenvalue weighted by Gasteiger charge is 2.20. The topological polar surface area (TPSA) is 26.3 Å². The van der Waals surface area contributed by atoms with Crippen LogP contribution < -0.4 is 4.74 Å². The molecule has 0 aromatic heterocycles. The van der Waals surface area contributed by atoms with E-state index in [4.69, 9.17) is 4.74 Å². The molecule has 1 aromatic rings. The van der Waals surface area contributed by atoms with Gasteiger partial charge in [-0.3, -0.25) is 4.79 Å². The van der Waals surface area contributed by atoms with Crippen LogP contribution in [0, 0.1) is 5.92 Å². The van der Waals surface area contributed by atoms with Crippen LogP contribution in [0.1, 0.15) is 43.1 Å². The second kappa shape index (κ2) is 4.28. The second-order valence-electron chi connectivity index (χ2n) is 4.98. The summed E-state index contributed by atoms with van der Waals surface area (Å²) < 4.78 is 5.61. The molecule has 0 aliphatic carbocycles. The van der Waals surface area contributed by atoms with E-state index in [0.29, 0.717) is 12.3 Å². The fraction of sp³-hybridized carbons (Fsp3) is 0.500. The van der Waals surface area contributed by atoms with Gasteiger partial charge in [0.25, 0.3) is 0 Å². The van der Waals surface area contributed by atoms with Crippen LogP contribution in [0.4, 0.5) is 0 Å². The van der Waals surface area contributed by atoms with Crippen molar-refractivity contribution in [1.29, 1.82) is 0 Å². The zero-order valence-corrected chi connectivity index (χ0v) is 10.1. The Morgan fingerprint density at radius 3 is 2.94 bits per heavy atom. The summed E-state index contributed by atoms with van der Waals surface area (Å²) in [6, 6.07) is 5.79. The molecule has 0 bridgehead atoms. The van der Waals surface area contributed by atoms with Crippen molar-refractivity contribution < 1.29 is 9.53 Å². The lowest BCUT2D eigenvalue weighted by molar-refractivity contribution is 0.0968. The van der Waals surface area contributed by atoms with Crippen LogP contribution in [-0.2, 0) is 6.42 Å². The highest BCUT2D eigenvalue weighted by molar-refractivity contribution is 5.96. The SMILES string of the molecule is CC(C)CC(=O)c1ccc2c(c1)CC(C)O2. The quantitative estimate of drug-likeness (QED) is 0.728. The molecule has 1 heterocycles. The molecule has 0 saturated heterocycles. The predicted octanol–water partition coefficient (Wildman–Crippen LogP) is 3.24. The van der Waals surface area contributed by atoms with Gasteiger partial charge in [0.2, 0.25) is 0 Å². The van der Waals surface area contributed by atoms with E-state index >= 15 is 0 Å². The summed E-state index contributed by atoms with van der Waals surface area (Å²) in [7, 11) is 0. The van der Waals surface area contributed by atoms with Gasteiger partial charge in [-0.15, -0.1) is 0 Å². The van der Waals surface area contributed by atoms with Gasteiger partial charge in [0.1, 0.15) is 11.9 Å². The molecule has 0 saturated carbocycles. The molecule has 16 heavy (non-hydrogen) atoms. The first-order chi connectivity index (χ1) is 7.56. The number of ketones is 1. The molecule has 0 amide bonds. The Morgan fingerprint density at radius 2 is 2.25 bits per heavy atom. The van der Waals surface area contributed by atoms with Gasteiger partial charge in [0, 0.05) is 18.4 Å². The van der Waals surface area contributed by atoms with E-state index < -0.39 is 0 Å². The third-order valence-corrected chi connectivity index (χ3v) is 2.81. The van der Waals surface area contributed by atoms with E-state index in [0.717, 1.165) is 17.7 Å². The summed E-state index contributed by atoms with van der Waals surface area (Å²) in [6.07, 6.45) is 1.78. The standard InChI is InChI=1S/C14H18O2/c1-9(2)6-13(15)11-4-5-14-12(8-11)7-10(3)16-14/h4-5,8-10H,6-7H2,1-3H3.